The van der Waals surface area contributed by atoms with Crippen LogP contribution in [0, 0.1) is 17.3 Å². The Morgan fingerprint density at radius 2 is 2.14 bits per heavy atom. The van der Waals surface area contributed by atoms with Gasteiger partial charge in [-0.15, -0.1) is 0 Å². The van der Waals surface area contributed by atoms with Gasteiger partial charge in [0.05, 0.1) is 12.2 Å². The second kappa shape index (κ2) is 3.73. The summed E-state index contributed by atoms with van der Waals surface area (Å²) in [5, 5.41) is 9.72. The Morgan fingerprint density at radius 1 is 1.29 bits per heavy atom. The summed E-state index contributed by atoms with van der Waals surface area (Å²) in [6.07, 6.45) is 8.57. The van der Waals surface area contributed by atoms with Gasteiger partial charge < -0.3 is 9.84 Å². The Kier molecular flexibility index (Phi) is 2.18. The zero-order valence-electron chi connectivity index (χ0n) is 12.6. The van der Waals surface area contributed by atoms with Crippen LogP contribution in [-0.4, -0.2) is 17.3 Å². The highest BCUT2D eigenvalue weighted by atomic mass is 16.6. The van der Waals surface area contributed by atoms with Crippen molar-refractivity contribution >= 4 is 5.57 Å². The van der Waals surface area contributed by atoms with Gasteiger partial charge in [-0.25, -0.2) is 0 Å². The second-order valence-electron chi connectivity index (χ2n) is 7.70. The molecule has 1 N–H and O–H groups in total. The number of epoxide rings is 1. The maximum Gasteiger partial charge on any atom is 0.115 e. The highest BCUT2D eigenvalue weighted by Gasteiger charge is 2.67. The van der Waals surface area contributed by atoms with Crippen molar-refractivity contribution in [2.75, 3.05) is 6.61 Å². The molecule has 0 aromatic heterocycles. The molecular weight excluding hydrogens is 260 g/mol. The van der Waals surface area contributed by atoms with Crippen molar-refractivity contribution in [3.8, 4) is 5.75 Å². The van der Waals surface area contributed by atoms with Crippen molar-refractivity contribution in [1.29, 1.82) is 0 Å². The molecule has 3 aliphatic carbocycles. The minimum atomic E-state index is 0.217. The van der Waals surface area contributed by atoms with E-state index >= 15 is 0 Å². The summed E-state index contributed by atoms with van der Waals surface area (Å²) in [6.45, 7) is 3.46. The minimum Gasteiger partial charge on any atom is -0.508 e. The van der Waals surface area contributed by atoms with Crippen LogP contribution in [0.2, 0.25) is 0 Å². The average Bonchev–Trinajstić information content (AvgIpc) is 3.20. The van der Waals surface area contributed by atoms with Crippen molar-refractivity contribution in [3.63, 3.8) is 0 Å². The van der Waals surface area contributed by atoms with Crippen LogP contribution in [0.4, 0.5) is 0 Å². The van der Waals surface area contributed by atoms with Crippen LogP contribution in [0.15, 0.2) is 24.3 Å². The van der Waals surface area contributed by atoms with Crippen LogP contribution in [0.1, 0.15) is 43.7 Å². The summed E-state index contributed by atoms with van der Waals surface area (Å²) in [5.41, 5.74) is 4.85. The van der Waals surface area contributed by atoms with Gasteiger partial charge in [-0.05, 0) is 72.8 Å². The molecule has 21 heavy (non-hydrogen) atoms. The van der Waals surface area contributed by atoms with Crippen molar-refractivity contribution in [3.05, 3.63) is 35.4 Å². The number of phenols is 1. The Labute approximate surface area is 125 Å². The molecule has 1 saturated carbocycles. The van der Waals surface area contributed by atoms with Gasteiger partial charge in [0.1, 0.15) is 5.75 Å². The van der Waals surface area contributed by atoms with Gasteiger partial charge in [-0.1, -0.05) is 19.1 Å². The minimum absolute atomic E-state index is 0.217. The van der Waals surface area contributed by atoms with Gasteiger partial charge in [0.2, 0.25) is 0 Å². The van der Waals surface area contributed by atoms with E-state index in [1.807, 2.05) is 12.1 Å². The molecule has 2 fully saturated rings. The number of benzene rings is 1. The van der Waals surface area contributed by atoms with Gasteiger partial charge in [-0.3, -0.25) is 0 Å². The molecule has 0 unspecified atom stereocenters. The summed E-state index contributed by atoms with van der Waals surface area (Å²) in [5.74, 6) is 1.88. The number of aromatic hydroxyl groups is 1. The first kappa shape index (κ1) is 12.3. The molecule has 4 aliphatic rings. The molecule has 1 spiro atoms. The van der Waals surface area contributed by atoms with E-state index in [0.29, 0.717) is 17.1 Å². The zero-order chi connectivity index (χ0) is 14.2. The molecule has 5 rings (SSSR count). The lowest BCUT2D eigenvalue weighted by Crippen LogP contribution is -2.41. The fraction of sp³-hybridized carbons (Fsp3) is 0.579. The topological polar surface area (TPSA) is 32.8 Å². The maximum atomic E-state index is 9.72. The lowest BCUT2D eigenvalue weighted by Gasteiger charge is -2.46. The summed E-state index contributed by atoms with van der Waals surface area (Å²) < 4.78 is 5.93. The van der Waals surface area contributed by atoms with E-state index in [4.69, 9.17) is 4.74 Å². The van der Waals surface area contributed by atoms with E-state index in [9.17, 15) is 5.11 Å². The Hall–Kier alpha value is -1.28. The number of ether oxygens (including phenoxy) is 1. The van der Waals surface area contributed by atoms with Crippen molar-refractivity contribution in [2.24, 2.45) is 17.3 Å². The van der Waals surface area contributed by atoms with Crippen LogP contribution >= 0.6 is 0 Å². The largest absolute Gasteiger partial charge is 0.508 e. The normalized spacial score (nSPS) is 43.0. The van der Waals surface area contributed by atoms with Crippen LogP contribution in [0.5, 0.6) is 5.75 Å². The molecule has 110 valence electrons. The predicted molar refractivity (Wildman–Crippen MR) is 82.0 cm³/mol. The fourth-order valence-corrected chi connectivity index (χ4v) is 5.61. The molecule has 1 saturated heterocycles. The SMILES string of the molecule is C[C@]12CC=C3c4ccc(O)cc4CC[C@H]3[C@@H]1CC[C@@]21CO1. The molecule has 2 nitrogen and oxygen atoms in total. The molecule has 1 aromatic rings. The van der Waals surface area contributed by atoms with E-state index in [1.54, 1.807) is 5.57 Å². The van der Waals surface area contributed by atoms with Crippen molar-refractivity contribution in [1.82, 2.24) is 0 Å². The van der Waals surface area contributed by atoms with Gasteiger partial charge in [-0.2, -0.15) is 0 Å². The van der Waals surface area contributed by atoms with Crippen LogP contribution in [0.3, 0.4) is 0 Å². The van der Waals surface area contributed by atoms with E-state index in [1.165, 1.54) is 30.4 Å². The summed E-state index contributed by atoms with van der Waals surface area (Å²) >= 11 is 0. The number of fused-ring (bicyclic) bond motifs is 6. The van der Waals surface area contributed by atoms with Crippen LogP contribution in [0.25, 0.3) is 5.57 Å². The van der Waals surface area contributed by atoms with Gasteiger partial charge >= 0.3 is 0 Å². The Morgan fingerprint density at radius 3 is 2.95 bits per heavy atom. The second-order valence-corrected chi connectivity index (χ2v) is 7.70. The number of allylic oxidation sites excluding steroid dienone is 2. The standard InChI is InChI=1S/C19H22O2/c1-18-8-6-15-14-5-3-13(20)10-12(14)2-4-16(15)17(18)7-9-19(18)11-21-19/h3,5-6,10,16-17,20H,2,4,7-9,11H2,1H3/t16-,17+,18+,19-/m1/s1. The molecule has 2 heteroatoms. The van der Waals surface area contributed by atoms with Crippen LogP contribution in [-0.2, 0) is 11.2 Å². The monoisotopic (exact) mass is 282 g/mol. The van der Waals surface area contributed by atoms with Gasteiger partial charge in [0.25, 0.3) is 0 Å². The van der Waals surface area contributed by atoms with E-state index in [0.717, 1.165) is 25.4 Å². The molecule has 4 atom stereocenters. The van der Waals surface area contributed by atoms with E-state index in [-0.39, 0.29) is 5.60 Å². The first-order chi connectivity index (χ1) is 10.1. The third-order valence-corrected chi connectivity index (χ3v) is 6.97. The molecule has 0 radical (unpaired) electrons. The van der Waals surface area contributed by atoms with Crippen molar-refractivity contribution < 1.29 is 9.84 Å². The van der Waals surface area contributed by atoms with Crippen molar-refractivity contribution in [2.45, 2.75) is 44.6 Å². The third-order valence-electron chi connectivity index (χ3n) is 6.97. The number of aryl methyl sites for hydroxylation is 1. The molecule has 0 amide bonds. The quantitative estimate of drug-likeness (QED) is 0.731. The molecule has 0 bridgehead atoms. The smallest absolute Gasteiger partial charge is 0.115 e. The van der Waals surface area contributed by atoms with Crippen LogP contribution < -0.4 is 0 Å². The number of hydrogen-bond acceptors (Lipinski definition) is 2. The highest BCUT2D eigenvalue weighted by Crippen LogP contribution is 2.67. The molecular formula is C19H22O2. The summed E-state index contributed by atoms with van der Waals surface area (Å²) in [6, 6.07) is 5.93. The van der Waals surface area contributed by atoms with Gasteiger partial charge in [0.15, 0.2) is 0 Å². The number of hydrogen-bond donors (Lipinski definition) is 1. The summed E-state index contributed by atoms with van der Waals surface area (Å²) in [4.78, 5) is 0. The first-order valence-electron chi connectivity index (χ1n) is 8.29. The fourth-order valence-electron chi connectivity index (χ4n) is 5.61. The average molecular weight is 282 g/mol. The van der Waals surface area contributed by atoms with E-state index in [2.05, 4.69) is 19.1 Å². The first-order valence-corrected chi connectivity index (χ1v) is 8.29. The molecule has 1 aliphatic heterocycles. The Bertz CT molecular complexity index is 656. The lowest BCUT2D eigenvalue weighted by atomic mass is 9.58. The number of rotatable bonds is 0. The third kappa shape index (κ3) is 1.42. The maximum absolute atomic E-state index is 9.72. The number of phenolic OH excluding ortho intramolecular Hbond substituents is 1. The summed E-state index contributed by atoms with van der Waals surface area (Å²) in [7, 11) is 0. The lowest BCUT2D eigenvalue weighted by molar-refractivity contribution is 0.0829. The molecule has 1 aromatic carbocycles. The van der Waals surface area contributed by atoms with Gasteiger partial charge in [0, 0.05) is 5.41 Å². The molecule has 1 heterocycles. The zero-order valence-corrected chi connectivity index (χ0v) is 12.6. The van der Waals surface area contributed by atoms with E-state index < -0.39 is 0 Å². The predicted octanol–water partition coefficient (Wildman–Crippen LogP) is 3.93. The highest BCUT2D eigenvalue weighted by molar-refractivity contribution is 5.74. The Balaban J connectivity index is 1.61.